The van der Waals surface area contributed by atoms with Gasteiger partial charge in [-0.25, -0.2) is 4.98 Å². The van der Waals surface area contributed by atoms with Crippen LogP contribution in [0.2, 0.25) is 0 Å². The molecule has 0 aliphatic heterocycles. The largest absolute Gasteiger partial charge is 0.330 e. The molecule has 0 radical (unpaired) electrons. The quantitative estimate of drug-likeness (QED) is 0.393. The van der Waals surface area contributed by atoms with Crippen LogP contribution in [0.3, 0.4) is 0 Å². The van der Waals surface area contributed by atoms with Gasteiger partial charge in [0.1, 0.15) is 5.82 Å². The summed E-state index contributed by atoms with van der Waals surface area (Å²) in [4.78, 5) is 42.7. The van der Waals surface area contributed by atoms with Gasteiger partial charge in [-0.15, -0.1) is 17.0 Å². The van der Waals surface area contributed by atoms with Crippen molar-refractivity contribution in [1.82, 2.24) is 19.5 Å². The Labute approximate surface area is 145 Å². The zero-order chi connectivity index (χ0) is 16.6. The number of aromatic amines is 2. The summed E-state index contributed by atoms with van der Waals surface area (Å²) in [6.07, 6.45) is 4.10. The number of aryl methyl sites for hydroxylation is 1. The van der Waals surface area contributed by atoms with Gasteiger partial charge in [-0.05, 0) is 0 Å². The molecule has 0 saturated heterocycles. The SMILES string of the molecule is Br.CCc1nccn1Cc1cc([N+](=O)[O-])cc2[nH]c(=O)c(=O)[nH]c12. The van der Waals surface area contributed by atoms with E-state index in [2.05, 4.69) is 15.0 Å². The van der Waals surface area contributed by atoms with E-state index >= 15 is 0 Å². The van der Waals surface area contributed by atoms with Gasteiger partial charge < -0.3 is 14.5 Å². The first-order chi connectivity index (χ1) is 11.0. The van der Waals surface area contributed by atoms with Gasteiger partial charge in [0.15, 0.2) is 0 Å². The second-order valence-electron chi connectivity index (χ2n) is 5.02. The van der Waals surface area contributed by atoms with Gasteiger partial charge in [-0.3, -0.25) is 19.7 Å². The highest BCUT2D eigenvalue weighted by Crippen LogP contribution is 2.22. The molecule has 10 heteroatoms. The fourth-order valence-electron chi connectivity index (χ4n) is 2.49. The number of nitro benzene ring substituents is 1. The van der Waals surface area contributed by atoms with Gasteiger partial charge in [0, 0.05) is 36.5 Å². The summed E-state index contributed by atoms with van der Waals surface area (Å²) in [5.41, 5.74) is -0.689. The van der Waals surface area contributed by atoms with Gasteiger partial charge in [0.25, 0.3) is 5.69 Å². The number of non-ortho nitro benzene ring substituents is 1. The van der Waals surface area contributed by atoms with Crippen molar-refractivity contribution >= 4 is 33.7 Å². The van der Waals surface area contributed by atoms with Crippen molar-refractivity contribution in [1.29, 1.82) is 0 Å². The number of imidazole rings is 1. The third-order valence-electron chi connectivity index (χ3n) is 3.57. The molecule has 3 aromatic rings. The van der Waals surface area contributed by atoms with Crippen molar-refractivity contribution in [2.24, 2.45) is 0 Å². The first-order valence-electron chi connectivity index (χ1n) is 6.93. The van der Waals surface area contributed by atoms with Crippen molar-refractivity contribution in [3.8, 4) is 0 Å². The Kier molecular flexibility index (Phi) is 4.98. The normalized spacial score (nSPS) is 10.5. The predicted molar refractivity (Wildman–Crippen MR) is 92.9 cm³/mol. The molecule has 0 bridgehead atoms. The Morgan fingerprint density at radius 2 is 1.96 bits per heavy atom. The van der Waals surface area contributed by atoms with Gasteiger partial charge in [-0.2, -0.15) is 0 Å². The molecule has 0 aliphatic carbocycles. The van der Waals surface area contributed by atoms with E-state index in [9.17, 15) is 19.7 Å². The van der Waals surface area contributed by atoms with E-state index in [1.807, 2.05) is 11.5 Å². The highest BCUT2D eigenvalue weighted by molar-refractivity contribution is 8.93. The lowest BCUT2D eigenvalue weighted by Crippen LogP contribution is -2.29. The average Bonchev–Trinajstić information content (AvgIpc) is 2.96. The number of rotatable bonds is 4. The molecule has 0 amide bonds. The molecule has 2 aromatic heterocycles. The number of hydrogen-bond acceptors (Lipinski definition) is 5. The monoisotopic (exact) mass is 395 g/mol. The second kappa shape index (κ2) is 6.79. The zero-order valence-corrected chi connectivity index (χ0v) is 14.3. The lowest BCUT2D eigenvalue weighted by molar-refractivity contribution is -0.384. The molecule has 0 aliphatic rings. The lowest BCUT2D eigenvalue weighted by atomic mass is 10.1. The molecule has 126 valence electrons. The maximum absolute atomic E-state index is 11.6. The van der Waals surface area contributed by atoms with Crippen LogP contribution >= 0.6 is 17.0 Å². The summed E-state index contributed by atoms with van der Waals surface area (Å²) in [6, 6.07) is 2.61. The average molecular weight is 396 g/mol. The standard InChI is InChI=1S/C14H13N5O4.BrH/c1-2-11-15-3-4-18(11)7-8-5-9(19(22)23)6-10-12(8)17-14(21)13(20)16-10;/h3-6H,2,7H2,1H3,(H,16,20)(H,17,21);1H. The Bertz CT molecular complexity index is 1020. The number of fused-ring (bicyclic) bond motifs is 1. The molecule has 0 fully saturated rings. The van der Waals surface area contributed by atoms with Crippen LogP contribution < -0.4 is 11.1 Å². The van der Waals surface area contributed by atoms with Crippen molar-refractivity contribution in [3.63, 3.8) is 0 Å². The fraction of sp³-hybridized carbons (Fsp3) is 0.214. The van der Waals surface area contributed by atoms with Gasteiger partial charge in [-0.1, -0.05) is 6.92 Å². The Morgan fingerprint density at radius 3 is 2.62 bits per heavy atom. The van der Waals surface area contributed by atoms with E-state index < -0.39 is 16.0 Å². The summed E-state index contributed by atoms with van der Waals surface area (Å²) in [7, 11) is 0. The molecule has 1 aromatic carbocycles. The Morgan fingerprint density at radius 1 is 1.25 bits per heavy atom. The van der Waals surface area contributed by atoms with E-state index in [1.54, 1.807) is 12.4 Å². The van der Waals surface area contributed by atoms with E-state index in [1.165, 1.54) is 12.1 Å². The van der Waals surface area contributed by atoms with Crippen LogP contribution in [0.15, 0.2) is 34.1 Å². The third kappa shape index (κ3) is 3.13. The molecule has 0 unspecified atom stereocenters. The fourth-order valence-corrected chi connectivity index (χ4v) is 2.49. The topological polar surface area (TPSA) is 127 Å². The van der Waals surface area contributed by atoms with Gasteiger partial charge >= 0.3 is 11.1 Å². The predicted octanol–water partition coefficient (Wildman–Crippen LogP) is 1.51. The number of aromatic nitrogens is 4. The molecule has 9 nitrogen and oxygen atoms in total. The van der Waals surface area contributed by atoms with Crippen molar-refractivity contribution in [2.75, 3.05) is 0 Å². The van der Waals surface area contributed by atoms with E-state index in [4.69, 9.17) is 0 Å². The van der Waals surface area contributed by atoms with Crippen LogP contribution in [0.25, 0.3) is 11.0 Å². The smallest absolute Gasteiger partial charge is 0.314 e. The van der Waals surface area contributed by atoms with Crippen LogP contribution in [0, 0.1) is 10.1 Å². The van der Waals surface area contributed by atoms with Gasteiger partial charge in [0.05, 0.1) is 22.5 Å². The zero-order valence-electron chi connectivity index (χ0n) is 12.6. The number of nitro groups is 1. The number of benzene rings is 1. The molecule has 0 atom stereocenters. The first-order valence-corrected chi connectivity index (χ1v) is 6.93. The summed E-state index contributed by atoms with van der Waals surface area (Å²) in [6.45, 7) is 2.24. The minimum absolute atomic E-state index is 0. The second-order valence-corrected chi connectivity index (χ2v) is 5.02. The van der Waals surface area contributed by atoms with Crippen LogP contribution in [-0.2, 0) is 13.0 Å². The molecule has 2 N–H and O–H groups in total. The molecule has 24 heavy (non-hydrogen) atoms. The number of hydrogen-bond donors (Lipinski definition) is 2. The van der Waals surface area contributed by atoms with E-state index in [0.717, 1.165) is 5.82 Å². The first kappa shape index (κ1) is 17.6. The lowest BCUT2D eigenvalue weighted by Gasteiger charge is -2.09. The number of H-pyrrole nitrogens is 2. The van der Waals surface area contributed by atoms with Crippen LogP contribution in [0.4, 0.5) is 5.69 Å². The molecule has 2 heterocycles. The highest BCUT2D eigenvalue weighted by Gasteiger charge is 2.15. The minimum Gasteiger partial charge on any atom is -0.330 e. The minimum atomic E-state index is -0.846. The molecular formula is C14H14BrN5O4. The Hall–Kier alpha value is -2.75. The van der Waals surface area contributed by atoms with Crippen LogP contribution in [-0.4, -0.2) is 24.4 Å². The summed E-state index contributed by atoms with van der Waals surface area (Å²) in [5.74, 6) is 0.816. The summed E-state index contributed by atoms with van der Waals surface area (Å²) < 4.78 is 1.84. The maximum Gasteiger partial charge on any atom is 0.314 e. The van der Waals surface area contributed by atoms with Crippen molar-refractivity contribution in [3.05, 3.63) is 66.7 Å². The van der Waals surface area contributed by atoms with Crippen LogP contribution in [0.5, 0.6) is 0 Å². The Balaban J connectivity index is 0.00000208. The molecule has 0 saturated carbocycles. The molecule has 3 rings (SSSR count). The van der Waals surface area contributed by atoms with Crippen molar-refractivity contribution < 1.29 is 4.92 Å². The van der Waals surface area contributed by atoms with Gasteiger partial charge in [0.2, 0.25) is 0 Å². The summed E-state index contributed by atoms with van der Waals surface area (Å²) in [5, 5.41) is 11.1. The summed E-state index contributed by atoms with van der Waals surface area (Å²) >= 11 is 0. The van der Waals surface area contributed by atoms with E-state index in [-0.39, 0.29) is 28.2 Å². The van der Waals surface area contributed by atoms with Crippen LogP contribution in [0.1, 0.15) is 18.3 Å². The number of halogens is 1. The highest BCUT2D eigenvalue weighted by atomic mass is 79.9. The van der Waals surface area contributed by atoms with Crippen molar-refractivity contribution in [2.45, 2.75) is 19.9 Å². The molecular weight excluding hydrogens is 382 g/mol. The molecule has 0 spiro atoms. The van der Waals surface area contributed by atoms with E-state index in [0.29, 0.717) is 24.0 Å². The maximum atomic E-state index is 11.6. The number of nitrogens with one attached hydrogen (secondary N) is 2. The number of nitrogens with zero attached hydrogens (tertiary/aromatic N) is 3. The third-order valence-corrected chi connectivity index (χ3v) is 3.57.